The van der Waals surface area contributed by atoms with Crippen molar-refractivity contribution >= 4 is 53.1 Å². The second-order valence-corrected chi connectivity index (χ2v) is 16.3. The number of hydrogen-bond acceptors (Lipinski definition) is 0. The summed E-state index contributed by atoms with van der Waals surface area (Å²) in [5.74, 6) is 2.45. The second-order valence-electron chi connectivity index (χ2n) is 10.8. The first-order chi connectivity index (χ1) is 22.8. The zero-order valence-electron chi connectivity index (χ0n) is 26.5. The third-order valence-corrected chi connectivity index (χ3v) is 14.2. The maximum Gasteiger partial charge on any atom is 0.136 e. The van der Waals surface area contributed by atoms with Crippen molar-refractivity contribution in [2.24, 2.45) is 0 Å². The smallest absolute Gasteiger partial charge is 0.136 e. The van der Waals surface area contributed by atoms with Gasteiger partial charge in [-0.25, -0.2) is 0 Å². The Hall–Kier alpha value is -3.72. The molecule has 0 saturated carbocycles. The van der Waals surface area contributed by atoms with Crippen molar-refractivity contribution in [1.82, 2.24) is 0 Å². The molecule has 0 fully saturated rings. The van der Waals surface area contributed by atoms with Crippen molar-refractivity contribution in [3.8, 4) is 0 Å². The number of hydrogen-bond donors (Lipinski definition) is 0. The summed E-state index contributed by atoms with van der Waals surface area (Å²) in [4.78, 5) is 0. The van der Waals surface area contributed by atoms with Gasteiger partial charge in [-0.05, 0) is 71.9 Å². The molecule has 0 N–H and O–H groups in total. The molecule has 0 nitrogen and oxygen atoms in total. The molecular formula is C44H37BrP2Pd. The first-order valence-corrected chi connectivity index (χ1v) is 18.8. The molecule has 0 aliphatic heterocycles. The largest absolute Gasteiger partial charge is 1.00 e. The van der Waals surface area contributed by atoms with E-state index in [0.29, 0.717) is 0 Å². The van der Waals surface area contributed by atoms with Gasteiger partial charge in [0, 0.05) is 20.4 Å². The normalized spacial score (nSPS) is 10.7. The van der Waals surface area contributed by atoms with Crippen molar-refractivity contribution < 1.29 is 37.4 Å². The summed E-state index contributed by atoms with van der Waals surface area (Å²) < 4.78 is 0. The molecule has 0 spiro atoms. The second kappa shape index (κ2) is 19.3. The fourth-order valence-electron chi connectivity index (χ4n) is 5.64. The molecule has 0 aliphatic rings. The summed E-state index contributed by atoms with van der Waals surface area (Å²) in [5, 5.41) is 8.30. The summed E-state index contributed by atoms with van der Waals surface area (Å²) >= 11 is 0. The van der Waals surface area contributed by atoms with Crippen LogP contribution in [0.15, 0.2) is 218 Å². The first kappa shape index (κ1) is 37.1. The third kappa shape index (κ3) is 9.25. The number of benzene rings is 7. The van der Waals surface area contributed by atoms with Gasteiger partial charge in [-0.1, -0.05) is 176 Å². The molecule has 0 saturated heterocycles. The van der Waals surface area contributed by atoms with E-state index < -0.39 is 15.2 Å². The van der Waals surface area contributed by atoms with Crippen molar-refractivity contribution in [2.75, 3.05) is 0 Å². The number of rotatable bonds is 8. The van der Waals surface area contributed by atoms with E-state index in [0.717, 1.165) is 0 Å². The van der Waals surface area contributed by atoms with Crippen LogP contribution in [0.1, 0.15) is 5.56 Å². The fourth-order valence-corrected chi connectivity index (χ4v) is 11.7. The molecule has 7 aromatic carbocycles. The van der Waals surface area contributed by atoms with Gasteiger partial charge >= 0.3 is 0 Å². The molecule has 0 bridgehead atoms. The Labute approximate surface area is 312 Å². The van der Waals surface area contributed by atoms with E-state index in [1.54, 1.807) is 0 Å². The van der Waals surface area contributed by atoms with Crippen molar-refractivity contribution in [3.05, 3.63) is 224 Å². The quantitative estimate of drug-likeness (QED) is 0.129. The molecule has 0 radical (unpaired) electrons. The van der Waals surface area contributed by atoms with E-state index >= 15 is 0 Å². The van der Waals surface area contributed by atoms with Gasteiger partial charge in [0.15, 0.2) is 0 Å². The third-order valence-electron chi connectivity index (χ3n) is 7.82. The summed E-state index contributed by atoms with van der Waals surface area (Å²) in [6.07, 6.45) is 2.28. The summed E-state index contributed by atoms with van der Waals surface area (Å²) in [5.41, 5.74) is 1.23. The van der Waals surface area contributed by atoms with Crippen LogP contribution in [0, 0.1) is 0 Å². The van der Waals surface area contributed by atoms with Crippen LogP contribution in [0.2, 0.25) is 0 Å². The summed E-state index contributed by atoms with van der Waals surface area (Å²) in [6, 6.07) is 75.6. The maximum atomic E-state index is 2.45. The Balaban J connectivity index is 0.000000220. The van der Waals surface area contributed by atoms with E-state index in [1.165, 1.54) is 37.4 Å². The predicted octanol–water partition coefficient (Wildman–Crippen LogP) is 6.10. The van der Waals surface area contributed by atoms with Crippen LogP contribution in [0.3, 0.4) is 0 Å². The first-order valence-electron chi connectivity index (χ1n) is 15.6. The van der Waals surface area contributed by atoms with Crippen LogP contribution in [0.25, 0.3) is 6.08 Å². The van der Waals surface area contributed by atoms with Gasteiger partial charge in [-0.15, -0.1) is 0 Å². The average molecular weight is 814 g/mol. The average Bonchev–Trinajstić information content (AvgIpc) is 3.15. The van der Waals surface area contributed by atoms with Crippen LogP contribution in [0.4, 0.5) is 0 Å². The monoisotopic (exact) mass is 812 g/mol. The molecule has 0 unspecified atom stereocenters. The van der Waals surface area contributed by atoms with E-state index in [9.17, 15) is 0 Å². The van der Waals surface area contributed by atoms with Crippen LogP contribution in [0.5, 0.6) is 0 Å². The zero-order valence-corrected chi connectivity index (χ0v) is 31.4. The van der Waals surface area contributed by atoms with Gasteiger partial charge in [-0.3, -0.25) is 0 Å². The minimum absolute atomic E-state index is 0. The molecule has 0 heterocycles. The Morgan fingerprint density at radius 2 is 0.583 bits per heavy atom. The van der Waals surface area contributed by atoms with E-state index in [2.05, 4.69) is 224 Å². The minimum Gasteiger partial charge on any atom is -1.00 e. The van der Waals surface area contributed by atoms with E-state index in [-0.39, 0.29) is 37.4 Å². The summed E-state index contributed by atoms with van der Waals surface area (Å²) in [6.45, 7) is 0. The minimum atomic E-state index is -1.90. The van der Waals surface area contributed by atoms with Gasteiger partial charge in [0.1, 0.15) is 23.2 Å². The van der Waals surface area contributed by atoms with E-state index in [4.69, 9.17) is 0 Å². The van der Waals surface area contributed by atoms with Crippen molar-refractivity contribution in [2.45, 2.75) is 0 Å². The maximum absolute atomic E-state index is 2.45. The predicted molar refractivity (Wildman–Crippen MR) is 206 cm³/mol. The summed E-state index contributed by atoms with van der Waals surface area (Å²) in [7, 11) is -2.35. The molecule has 0 amide bonds. The molecule has 0 atom stereocenters. The van der Waals surface area contributed by atoms with Gasteiger partial charge in [0.2, 0.25) is 0 Å². The standard InChI is InChI=1S/C26H22P.C18H15P.BrH.Pd/c1-5-13-23(14-6-1)21-22-27(24-15-7-2-8-16-24,25-17-9-3-10-18-25)26-19-11-4-12-20-26;1-4-10-16(11-5-1)19(17-12-6-2-7-13-17)18-14-8-3-9-15-18;;/h1-22H;1-15H;1H;/q+1;;;/p-1/b22-21+;;;. The molecular weight excluding hydrogens is 777 g/mol. The molecule has 0 aromatic heterocycles. The van der Waals surface area contributed by atoms with Crippen molar-refractivity contribution in [3.63, 3.8) is 0 Å². The van der Waals surface area contributed by atoms with Crippen LogP contribution < -0.4 is 48.8 Å². The van der Waals surface area contributed by atoms with Gasteiger partial charge in [-0.2, -0.15) is 0 Å². The van der Waals surface area contributed by atoms with E-state index in [1.807, 2.05) is 0 Å². The van der Waals surface area contributed by atoms with Crippen LogP contribution in [-0.4, -0.2) is 0 Å². The Morgan fingerprint density at radius 3 is 0.875 bits per heavy atom. The fraction of sp³-hybridized carbons (Fsp3) is 0. The van der Waals surface area contributed by atoms with Crippen molar-refractivity contribution in [1.29, 1.82) is 0 Å². The Morgan fingerprint density at radius 1 is 0.333 bits per heavy atom. The molecule has 240 valence electrons. The molecule has 4 heteroatoms. The van der Waals surface area contributed by atoms with Crippen LogP contribution >= 0.6 is 15.2 Å². The molecule has 7 rings (SSSR count). The topological polar surface area (TPSA) is 0 Å². The van der Waals surface area contributed by atoms with Gasteiger partial charge < -0.3 is 17.0 Å². The Kier molecular flexibility index (Phi) is 14.9. The van der Waals surface area contributed by atoms with Gasteiger partial charge in [0.25, 0.3) is 0 Å². The molecule has 48 heavy (non-hydrogen) atoms. The van der Waals surface area contributed by atoms with Crippen LogP contribution in [-0.2, 0) is 20.4 Å². The molecule has 7 aromatic rings. The SMILES string of the molecule is C(=C\[P+](c1ccccc1)(c1ccccc1)c1ccccc1)/c1ccccc1.[Br-].[Pd].c1ccc(P(c2ccccc2)c2ccccc2)cc1. The number of halogens is 1. The Bertz CT molecular complexity index is 1720. The zero-order chi connectivity index (χ0) is 31.3. The molecule has 0 aliphatic carbocycles. The van der Waals surface area contributed by atoms with Gasteiger partial charge in [0.05, 0.1) is 5.82 Å².